The summed E-state index contributed by atoms with van der Waals surface area (Å²) in [6.07, 6.45) is 1.06. The molecule has 3 rings (SSSR count). The molecule has 6 nitrogen and oxygen atoms in total. The van der Waals surface area contributed by atoms with Gasteiger partial charge in [0.25, 0.3) is 5.92 Å². The van der Waals surface area contributed by atoms with Crippen molar-refractivity contribution >= 4 is 5.91 Å². The van der Waals surface area contributed by atoms with E-state index in [4.69, 9.17) is 0 Å². The van der Waals surface area contributed by atoms with Crippen LogP contribution in [0, 0.1) is 0 Å². The molecule has 1 aromatic heterocycles. The normalized spacial score (nSPS) is 20.0. The highest BCUT2D eigenvalue weighted by molar-refractivity contribution is 5.82. The Morgan fingerprint density at radius 1 is 1.41 bits per heavy atom. The number of hydrogen-bond donors (Lipinski definition) is 2. The van der Waals surface area contributed by atoms with Gasteiger partial charge in [-0.15, -0.1) is 10.2 Å². The molecule has 8 heteroatoms. The SMILES string of the molecule is O=C(NCc1nncn1-c1ccccc1)C1CC(F)(F)CN1. The number of amides is 1. The smallest absolute Gasteiger partial charge is 0.262 e. The first-order chi connectivity index (χ1) is 10.6. The quantitative estimate of drug-likeness (QED) is 0.879. The monoisotopic (exact) mass is 307 g/mol. The predicted molar refractivity (Wildman–Crippen MR) is 74.6 cm³/mol. The summed E-state index contributed by atoms with van der Waals surface area (Å²) in [6.45, 7) is -0.344. The first-order valence-electron chi connectivity index (χ1n) is 6.88. The van der Waals surface area contributed by atoms with Gasteiger partial charge in [0.05, 0.1) is 19.1 Å². The zero-order valence-corrected chi connectivity index (χ0v) is 11.7. The molecule has 0 spiro atoms. The Labute approximate surface area is 125 Å². The van der Waals surface area contributed by atoms with Gasteiger partial charge in [-0.25, -0.2) is 8.78 Å². The fourth-order valence-corrected chi connectivity index (χ4v) is 2.37. The number of halogens is 2. The molecule has 1 aromatic carbocycles. The van der Waals surface area contributed by atoms with E-state index in [1.165, 1.54) is 0 Å². The van der Waals surface area contributed by atoms with Crippen molar-refractivity contribution in [3.8, 4) is 5.69 Å². The Kier molecular flexibility index (Phi) is 3.84. The molecule has 1 atom stereocenters. The largest absolute Gasteiger partial charge is 0.347 e. The third-order valence-electron chi connectivity index (χ3n) is 3.50. The lowest BCUT2D eigenvalue weighted by Gasteiger charge is -2.11. The highest BCUT2D eigenvalue weighted by atomic mass is 19.3. The molecule has 0 aliphatic carbocycles. The van der Waals surface area contributed by atoms with Crippen LogP contribution in [0.4, 0.5) is 8.78 Å². The van der Waals surface area contributed by atoms with Gasteiger partial charge >= 0.3 is 0 Å². The Hall–Kier alpha value is -2.35. The highest BCUT2D eigenvalue weighted by Gasteiger charge is 2.42. The lowest BCUT2D eigenvalue weighted by molar-refractivity contribution is -0.123. The van der Waals surface area contributed by atoms with Crippen molar-refractivity contribution in [2.75, 3.05) is 6.54 Å². The van der Waals surface area contributed by atoms with Gasteiger partial charge in [-0.05, 0) is 12.1 Å². The fraction of sp³-hybridized carbons (Fsp3) is 0.357. The molecule has 0 saturated carbocycles. The Morgan fingerprint density at radius 3 is 2.86 bits per heavy atom. The van der Waals surface area contributed by atoms with Crippen LogP contribution in [0.25, 0.3) is 5.69 Å². The van der Waals surface area contributed by atoms with Crippen LogP contribution in [0.1, 0.15) is 12.2 Å². The number of nitrogens with zero attached hydrogens (tertiary/aromatic N) is 3. The van der Waals surface area contributed by atoms with Gasteiger partial charge in [0, 0.05) is 12.1 Å². The van der Waals surface area contributed by atoms with Gasteiger partial charge in [-0.2, -0.15) is 0 Å². The van der Waals surface area contributed by atoms with Crippen LogP contribution < -0.4 is 10.6 Å². The minimum atomic E-state index is -2.83. The lowest BCUT2D eigenvalue weighted by Crippen LogP contribution is -2.40. The number of benzene rings is 1. The third-order valence-corrected chi connectivity index (χ3v) is 3.50. The van der Waals surface area contributed by atoms with Crippen molar-refractivity contribution in [2.45, 2.75) is 24.9 Å². The molecule has 22 heavy (non-hydrogen) atoms. The van der Waals surface area contributed by atoms with Gasteiger partial charge in [0.15, 0.2) is 5.82 Å². The van der Waals surface area contributed by atoms with Gasteiger partial charge in [-0.3, -0.25) is 14.7 Å². The van der Waals surface area contributed by atoms with Crippen LogP contribution in [0.3, 0.4) is 0 Å². The van der Waals surface area contributed by atoms with Crippen LogP contribution in [-0.2, 0) is 11.3 Å². The summed E-state index contributed by atoms with van der Waals surface area (Å²) in [6, 6.07) is 8.54. The second-order valence-electron chi connectivity index (χ2n) is 5.16. The molecule has 116 valence electrons. The third kappa shape index (κ3) is 3.11. The second-order valence-corrected chi connectivity index (χ2v) is 5.16. The summed E-state index contributed by atoms with van der Waals surface area (Å²) < 4.78 is 27.9. The molecule has 0 bridgehead atoms. The van der Waals surface area contributed by atoms with Crippen molar-refractivity contribution in [1.29, 1.82) is 0 Å². The van der Waals surface area contributed by atoms with Gasteiger partial charge < -0.3 is 5.32 Å². The molecule has 0 radical (unpaired) electrons. The van der Waals surface area contributed by atoms with Crippen molar-refractivity contribution in [1.82, 2.24) is 25.4 Å². The summed E-state index contributed by atoms with van der Waals surface area (Å²) in [5.74, 6) is -2.75. The number of carbonyl (C=O) groups is 1. The molecule has 1 aliphatic rings. The maximum absolute atomic E-state index is 13.1. The molecule has 2 heterocycles. The molecular weight excluding hydrogens is 292 g/mol. The van der Waals surface area contributed by atoms with Crippen LogP contribution in [0.2, 0.25) is 0 Å². The van der Waals surface area contributed by atoms with E-state index in [1.54, 1.807) is 10.9 Å². The van der Waals surface area contributed by atoms with Crippen molar-refractivity contribution in [2.24, 2.45) is 0 Å². The number of hydrogen-bond acceptors (Lipinski definition) is 4. The number of nitrogens with one attached hydrogen (secondary N) is 2. The van der Waals surface area contributed by atoms with Crippen molar-refractivity contribution in [3.63, 3.8) is 0 Å². The molecule has 1 aliphatic heterocycles. The van der Waals surface area contributed by atoms with Gasteiger partial charge in [0.2, 0.25) is 5.91 Å². The zero-order valence-electron chi connectivity index (χ0n) is 11.7. The summed E-state index contributed by atoms with van der Waals surface area (Å²) in [4.78, 5) is 11.9. The van der Waals surface area contributed by atoms with Crippen LogP contribution in [-0.4, -0.2) is 39.2 Å². The van der Waals surface area contributed by atoms with Crippen LogP contribution >= 0.6 is 0 Å². The Balaban J connectivity index is 1.63. The van der Waals surface area contributed by atoms with E-state index >= 15 is 0 Å². The summed E-state index contributed by atoms with van der Waals surface area (Å²) in [5.41, 5.74) is 0.863. The summed E-state index contributed by atoms with van der Waals surface area (Å²) in [5, 5.41) is 12.9. The van der Waals surface area contributed by atoms with E-state index in [-0.39, 0.29) is 6.54 Å². The predicted octanol–water partition coefficient (Wildman–Crippen LogP) is 0.881. The number of rotatable bonds is 4. The van der Waals surface area contributed by atoms with E-state index in [0.717, 1.165) is 5.69 Å². The maximum Gasteiger partial charge on any atom is 0.262 e. The topological polar surface area (TPSA) is 71.8 Å². The van der Waals surface area contributed by atoms with E-state index in [1.807, 2.05) is 30.3 Å². The van der Waals surface area contributed by atoms with Gasteiger partial charge in [0.1, 0.15) is 6.33 Å². The molecule has 1 fully saturated rings. The number of alkyl halides is 2. The molecule has 2 N–H and O–H groups in total. The first kappa shape index (κ1) is 14.6. The number of carbonyl (C=O) groups excluding carboxylic acids is 1. The first-order valence-corrected chi connectivity index (χ1v) is 6.88. The van der Waals surface area contributed by atoms with Gasteiger partial charge in [-0.1, -0.05) is 18.2 Å². The lowest BCUT2D eigenvalue weighted by atomic mass is 10.2. The second kappa shape index (κ2) is 5.80. The summed E-state index contributed by atoms with van der Waals surface area (Å²) >= 11 is 0. The number of aromatic nitrogens is 3. The van der Waals surface area contributed by atoms with Crippen LogP contribution in [0.15, 0.2) is 36.7 Å². The standard InChI is InChI=1S/C14H15F2N5O/c15-14(16)6-11(18-8-14)13(22)17-7-12-20-19-9-21(12)10-4-2-1-3-5-10/h1-5,9,11,18H,6-8H2,(H,17,22). The minimum Gasteiger partial charge on any atom is -0.347 e. The van der Waals surface area contributed by atoms with Crippen LogP contribution in [0.5, 0.6) is 0 Å². The number of para-hydroxylation sites is 1. The molecule has 1 saturated heterocycles. The Morgan fingerprint density at radius 2 is 2.18 bits per heavy atom. The van der Waals surface area contributed by atoms with E-state index in [2.05, 4.69) is 20.8 Å². The van der Waals surface area contributed by atoms with Crippen molar-refractivity contribution in [3.05, 3.63) is 42.5 Å². The van der Waals surface area contributed by atoms with Crippen molar-refractivity contribution < 1.29 is 13.6 Å². The summed E-state index contributed by atoms with van der Waals surface area (Å²) in [7, 11) is 0. The average Bonchev–Trinajstić information content (AvgIpc) is 3.12. The molecule has 1 unspecified atom stereocenters. The molecule has 2 aromatic rings. The van der Waals surface area contributed by atoms with E-state index < -0.39 is 30.8 Å². The highest BCUT2D eigenvalue weighted by Crippen LogP contribution is 2.25. The van der Waals surface area contributed by atoms with E-state index in [9.17, 15) is 13.6 Å². The average molecular weight is 307 g/mol. The van der Waals surface area contributed by atoms with E-state index in [0.29, 0.717) is 5.82 Å². The Bertz CT molecular complexity index is 658. The fourth-order valence-electron chi connectivity index (χ4n) is 2.37. The molecular formula is C14H15F2N5O. The zero-order chi connectivity index (χ0) is 15.6. The minimum absolute atomic E-state index is 0.122. The molecule has 1 amide bonds. The maximum atomic E-state index is 13.1.